The Bertz CT molecular complexity index is 1150. The van der Waals surface area contributed by atoms with Crippen molar-refractivity contribution in [1.29, 1.82) is 0 Å². The van der Waals surface area contributed by atoms with Gasteiger partial charge in [0.15, 0.2) is 11.5 Å². The number of benzene rings is 3. The molecular formula is C23H18FN3O5. The number of anilines is 1. The van der Waals surface area contributed by atoms with Crippen LogP contribution in [0.5, 0.6) is 11.5 Å². The predicted octanol–water partition coefficient (Wildman–Crippen LogP) is 3.14. The summed E-state index contributed by atoms with van der Waals surface area (Å²) in [7, 11) is 1.41. The van der Waals surface area contributed by atoms with Crippen molar-refractivity contribution in [2.45, 2.75) is 0 Å². The molecule has 0 aliphatic rings. The lowest BCUT2D eigenvalue weighted by Gasteiger charge is -2.10. The van der Waals surface area contributed by atoms with Gasteiger partial charge in [-0.25, -0.2) is 14.6 Å². The number of carbonyl (C=O) groups excluding carboxylic acids is 3. The molecule has 3 aromatic rings. The van der Waals surface area contributed by atoms with Crippen molar-refractivity contribution in [1.82, 2.24) is 5.43 Å². The summed E-state index contributed by atoms with van der Waals surface area (Å²) in [6.07, 6.45) is 1.29. The number of carbonyl (C=O) groups is 3. The van der Waals surface area contributed by atoms with E-state index < -0.39 is 23.6 Å². The largest absolute Gasteiger partial charge is 0.493 e. The highest BCUT2D eigenvalue weighted by Crippen LogP contribution is 2.28. The average molecular weight is 435 g/mol. The van der Waals surface area contributed by atoms with E-state index in [1.54, 1.807) is 42.5 Å². The van der Waals surface area contributed by atoms with Crippen LogP contribution < -0.4 is 20.2 Å². The van der Waals surface area contributed by atoms with Crippen molar-refractivity contribution in [3.63, 3.8) is 0 Å². The fourth-order valence-electron chi connectivity index (χ4n) is 2.52. The lowest BCUT2D eigenvalue weighted by atomic mass is 10.2. The molecule has 0 bridgehead atoms. The quantitative estimate of drug-likeness (QED) is 0.203. The lowest BCUT2D eigenvalue weighted by molar-refractivity contribution is -0.136. The van der Waals surface area contributed by atoms with E-state index >= 15 is 0 Å². The van der Waals surface area contributed by atoms with Crippen LogP contribution in [0.3, 0.4) is 0 Å². The number of methoxy groups -OCH3 is 1. The summed E-state index contributed by atoms with van der Waals surface area (Å²) in [5.41, 5.74) is 3.26. The maximum Gasteiger partial charge on any atom is 0.343 e. The van der Waals surface area contributed by atoms with E-state index in [4.69, 9.17) is 9.47 Å². The summed E-state index contributed by atoms with van der Waals surface area (Å²) < 4.78 is 23.5. The van der Waals surface area contributed by atoms with Crippen LogP contribution in [0.25, 0.3) is 0 Å². The number of amides is 2. The van der Waals surface area contributed by atoms with Gasteiger partial charge in [-0.15, -0.1) is 0 Å². The summed E-state index contributed by atoms with van der Waals surface area (Å²) in [5.74, 6) is -2.49. The molecule has 2 N–H and O–H groups in total. The molecule has 2 amide bonds. The van der Waals surface area contributed by atoms with E-state index in [1.165, 1.54) is 31.5 Å². The molecule has 0 heterocycles. The minimum Gasteiger partial charge on any atom is -0.493 e. The van der Waals surface area contributed by atoms with E-state index in [-0.39, 0.29) is 17.2 Å². The molecule has 32 heavy (non-hydrogen) atoms. The molecule has 0 radical (unpaired) electrons. The Labute approximate surface area is 182 Å². The van der Waals surface area contributed by atoms with Gasteiger partial charge in [0, 0.05) is 5.69 Å². The first-order chi connectivity index (χ1) is 15.5. The van der Waals surface area contributed by atoms with Crippen LogP contribution in [0.15, 0.2) is 77.9 Å². The monoisotopic (exact) mass is 435 g/mol. The van der Waals surface area contributed by atoms with Crippen LogP contribution in [0.1, 0.15) is 15.9 Å². The summed E-state index contributed by atoms with van der Waals surface area (Å²) >= 11 is 0. The van der Waals surface area contributed by atoms with Gasteiger partial charge < -0.3 is 14.8 Å². The Kier molecular flexibility index (Phi) is 7.26. The molecule has 8 nitrogen and oxygen atoms in total. The highest BCUT2D eigenvalue weighted by molar-refractivity contribution is 6.39. The summed E-state index contributed by atoms with van der Waals surface area (Å²) in [6, 6.07) is 18.1. The third-order valence-corrected chi connectivity index (χ3v) is 4.09. The molecule has 0 saturated heterocycles. The maximum atomic E-state index is 12.9. The van der Waals surface area contributed by atoms with Gasteiger partial charge in [0.1, 0.15) is 5.82 Å². The molecule has 0 spiro atoms. The number of ether oxygens (including phenoxy) is 2. The van der Waals surface area contributed by atoms with Crippen LogP contribution in [0, 0.1) is 5.82 Å². The summed E-state index contributed by atoms with van der Waals surface area (Å²) in [5, 5.41) is 6.04. The molecule has 9 heteroatoms. The van der Waals surface area contributed by atoms with Crippen LogP contribution in [-0.4, -0.2) is 31.1 Å². The molecular weight excluding hydrogens is 417 g/mol. The Morgan fingerprint density at radius 2 is 1.62 bits per heavy atom. The average Bonchev–Trinajstić information content (AvgIpc) is 2.81. The fraction of sp³-hybridized carbons (Fsp3) is 0.0435. The van der Waals surface area contributed by atoms with Gasteiger partial charge in [0.05, 0.1) is 18.9 Å². The van der Waals surface area contributed by atoms with Crippen LogP contribution in [-0.2, 0) is 9.59 Å². The zero-order valence-electron chi connectivity index (χ0n) is 16.9. The van der Waals surface area contributed by atoms with Gasteiger partial charge in [0.2, 0.25) is 0 Å². The molecule has 0 fully saturated rings. The van der Waals surface area contributed by atoms with Crippen molar-refractivity contribution < 1.29 is 28.2 Å². The van der Waals surface area contributed by atoms with Gasteiger partial charge >= 0.3 is 17.8 Å². The molecule has 3 aromatic carbocycles. The molecule has 0 unspecified atom stereocenters. The summed E-state index contributed by atoms with van der Waals surface area (Å²) in [6.45, 7) is 0. The zero-order valence-corrected chi connectivity index (χ0v) is 16.9. The zero-order chi connectivity index (χ0) is 22.9. The number of hydrogen-bond donors (Lipinski definition) is 2. The number of nitrogens with zero attached hydrogens (tertiary/aromatic N) is 1. The van der Waals surface area contributed by atoms with Crippen molar-refractivity contribution in [3.8, 4) is 11.5 Å². The van der Waals surface area contributed by atoms with Crippen LogP contribution in [0.4, 0.5) is 10.1 Å². The number of nitrogens with one attached hydrogen (secondary N) is 2. The number of hydrogen-bond acceptors (Lipinski definition) is 6. The first kappa shape index (κ1) is 22.2. The molecule has 0 aliphatic carbocycles. The second-order valence-electron chi connectivity index (χ2n) is 6.33. The molecule has 0 saturated carbocycles. The maximum absolute atomic E-state index is 12.9. The van der Waals surface area contributed by atoms with Gasteiger partial charge in [-0.05, 0) is 60.2 Å². The first-order valence-electron chi connectivity index (χ1n) is 9.31. The number of rotatable bonds is 6. The standard InChI is InChI=1S/C23H18FN3O5/c1-31-20-13-15(7-12-19(20)32-23(30)16-5-3-2-4-6-16)14-25-27-22(29)21(28)26-18-10-8-17(24)9-11-18/h2-14H,1H3,(H,26,28)(H,27,29)/b25-14-. The number of esters is 1. The summed E-state index contributed by atoms with van der Waals surface area (Å²) in [4.78, 5) is 35.9. The number of hydrazone groups is 1. The Balaban J connectivity index is 1.59. The smallest absolute Gasteiger partial charge is 0.343 e. The third-order valence-electron chi connectivity index (χ3n) is 4.09. The van der Waals surface area contributed by atoms with E-state index in [0.717, 1.165) is 12.1 Å². The molecule has 162 valence electrons. The number of halogens is 1. The van der Waals surface area contributed by atoms with Crippen molar-refractivity contribution in [3.05, 3.63) is 89.7 Å². The highest BCUT2D eigenvalue weighted by atomic mass is 19.1. The Morgan fingerprint density at radius 1 is 0.906 bits per heavy atom. The topological polar surface area (TPSA) is 106 Å². The lowest BCUT2D eigenvalue weighted by Crippen LogP contribution is -2.32. The van der Waals surface area contributed by atoms with Crippen molar-refractivity contribution in [2.75, 3.05) is 12.4 Å². The van der Waals surface area contributed by atoms with Gasteiger partial charge in [-0.2, -0.15) is 5.10 Å². The van der Waals surface area contributed by atoms with Crippen LogP contribution in [0.2, 0.25) is 0 Å². The molecule has 0 aromatic heterocycles. The van der Waals surface area contributed by atoms with Gasteiger partial charge in [-0.3, -0.25) is 9.59 Å². The van der Waals surface area contributed by atoms with E-state index in [0.29, 0.717) is 11.1 Å². The Hall–Kier alpha value is -4.53. The molecule has 0 aliphatic heterocycles. The minimum absolute atomic E-state index is 0.209. The normalized spacial score (nSPS) is 10.4. The second kappa shape index (κ2) is 10.5. The minimum atomic E-state index is -1.01. The first-order valence-corrected chi connectivity index (χ1v) is 9.31. The van der Waals surface area contributed by atoms with Crippen molar-refractivity contribution >= 4 is 29.7 Å². The van der Waals surface area contributed by atoms with Gasteiger partial charge in [-0.1, -0.05) is 18.2 Å². The van der Waals surface area contributed by atoms with E-state index in [2.05, 4.69) is 15.8 Å². The second-order valence-corrected chi connectivity index (χ2v) is 6.33. The highest BCUT2D eigenvalue weighted by Gasteiger charge is 2.14. The molecule has 3 rings (SSSR count). The fourth-order valence-corrected chi connectivity index (χ4v) is 2.52. The van der Waals surface area contributed by atoms with E-state index in [1.807, 2.05) is 0 Å². The SMILES string of the molecule is COc1cc(/C=N\NC(=O)C(=O)Nc2ccc(F)cc2)ccc1OC(=O)c1ccccc1. The van der Waals surface area contributed by atoms with E-state index in [9.17, 15) is 18.8 Å². The van der Waals surface area contributed by atoms with Gasteiger partial charge in [0.25, 0.3) is 0 Å². The third kappa shape index (κ3) is 5.99. The van der Waals surface area contributed by atoms with Crippen LogP contribution >= 0.6 is 0 Å². The van der Waals surface area contributed by atoms with Crippen molar-refractivity contribution in [2.24, 2.45) is 5.10 Å². The predicted molar refractivity (Wildman–Crippen MR) is 115 cm³/mol. The Morgan fingerprint density at radius 3 is 2.31 bits per heavy atom. The molecule has 0 atom stereocenters.